The Hall–Kier alpha value is -1.47. The van der Waals surface area contributed by atoms with Gasteiger partial charge >= 0.3 is 0 Å². The maximum Gasteiger partial charge on any atom is 0.251 e. The van der Waals surface area contributed by atoms with E-state index in [1.807, 2.05) is 4.90 Å². The number of hydrogen-bond acceptors (Lipinski definition) is 4. The van der Waals surface area contributed by atoms with E-state index in [1.54, 1.807) is 18.4 Å². The molecule has 128 valence electrons. The molecule has 23 heavy (non-hydrogen) atoms. The zero-order valence-electron chi connectivity index (χ0n) is 13.7. The van der Waals surface area contributed by atoms with E-state index in [0.29, 0.717) is 23.5 Å². The van der Waals surface area contributed by atoms with Gasteiger partial charge in [0.25, 0.3) is 5.91 Å². The lowest BCUT2D eigenvalue weighted by Crippen LogP contribution is -2.46. The van der Waals surface area contributed by atoms with Gasteiger partial charge in [-0.2, -0.15) is 0 Å². The average Bonchev–Trinajstić information content (AvgIpc) is 2.54. The number of nitrogens with one attached hydrogen (secondary N) is 1. The minimum Gasteiger partial charge on any atom is -0.367 e. The molecule has 1 unspecified atom stereocenters. The van der Waals surface area contributed by atoms with Crippen LogP contribution in [-0.4, -0.2) is 66.3 Å². The Kier molecular flexibility index (Phi) is 6.53. The van der Waals surface area contributed by atoms with Gasteiger partial charge in [-0.15, -0.1) is 0 Å². The van der Waals surface area contributed by atoms with Crippen LogP contribution in [0.4, 0.5) is 10.1 Å². The van der Waals surface area contributed by atoms with Crippen molar-refractivity contribution in [2.75, 3.05) is 56.2 Å². The fourth-order valence-electron chi connectivity index (χ4n) is 2.62. The Labute approximate surface area is 139 Å². The molecular formula is C16H24FN3O2S. The highest BCUT2D eigenvalue weighted by Crippen LogP contribution is 2.22. The first-order valence-electron chi connectivity index (χ1n) is 7.86. The molecule has 1 aliphatic rings. The Morgan fingerprint density at radius 2 is 2.00 bits per heavy atom. The first kappa shape index (κ1) is 17.9. The monoisotopic (exact) mass is 341 g/mol. The van der Waals surface area contributed by atoms with Crippen LogP contribution in [-0.2, 0) is 10.8 Å². The van der Waals surface area contributed by atoms with Crippen molar-refractivity contribution < 1.29 is 13.4 Å². The molecule has 1 saturated heterocycles. The molecule has 2 rings (SSSR count). The predicted molar refractivity (Wildman–Crippen MR) is 92.0 cm³/mol. The molecule has 0 aromatic heterocycles. The molecule has 5 nitrogen and oxygen atoms in total. The van der Waals surface area contributed by atoms with Gasteiger partial charge in [0.15, 0.2) is 0 Å². The number of carbonyl (C=O) groups excluding carboxylic acids is 1. The van der Waals surface area contributed by atoms with Crippen molar-refractivity contribution in [1.82, 2.24) is 10.2 Å². The molecule has 1 heterocycles. The third-order valence-corrected chi connectivity index (χ3v) is 4.82. The normalized spacial score (nSPS) is 17.1. The molecule has 1 atom stereocenters. The zero-order chi connectivity index (χ0) is 16.8. The smallest absolute Gasteiger partial charge is 0.251 e. The number of nitrogens with zero attached hydrogens (tertiary/aromatic N) is 2. The van der Waals surface area contributed by atoms with Crippen LogP contribution in [0.2, 0.25) is 0 Å². The SMILES string of the molecule is CCN1CCN(c2ccc(C(=O)NCCS(C)=O)cc2F)CC1. The van der Waals surface area contributed by atoms with Gasteiger partial charge in [-0.3, -0.25) is 9.00 Å². The van der Waals surface area contributed by atoms with E-state index < -0.39 is 10.8 Å². The highest BCUT2D eigenvalue weighted by Gasteiger charge is 2.19. The van der Waals surface area contributed by atoms with Crippen molar-refractivity contribution in [1.29, 1.82) is 0 Å². The van der Waals surface area contributed by atoms with Crippen LogP contribution in [0.5, 0.6) is 0 Å². The summed E-state index contributed by atoms with van der Waals surface area (Å²) < 4.78 is 25.3. The van der Waals surface area contributed by atoms with Crippen LogP contribution < -0.4 is 10.2 Å². The molecule has 1 fully saturated rings. The van der Waals surface area contributed by atoms with E-state index in [4.69, 9.17) is 0 Å². The Bertz CT molecular complexity index is 574. The van der Waals surface area contributed by atoms with Gasteiger partial charge in [0.05, 0.1) is 5.69 Å². The lowest BCUT2D eigenvalue weighted by atomic mass is 10.1. The maximum absolute atomic E-state index is 14.3. The molecule has 0 aliphatic carbocycles. The summed E-state index contributed by atoms with van der Waals surface area (Å²) in [6.07, 6.45) is 1.58. The van der Waals surface area contributed by atoms with Crippen molar-refractivity contribution in [2.45, 2.75) is 6.92 Å². The Balaban J connectivity index is 1.97. The van der Waals surface area contributed by atoms with Crippen molar-refractivity contribution in [3.05, 3.63) is 29.6 Å². The molecule has 0 bridgehead atoms. The Morgan fingerprint density at radius 1 is 1.30 bits per heavy atom. The van der Waals surface area contributed by atoms with Gasteiger partial charge in [-0.05, 0) is 24.7 Å². The minimum absolute atomic E-state index is 0.292. The number of piperazine rings is 1. The topological polar surface area (TPSA) is 52.6 Å². The molecule has 0 spiro atoms. The lowest BCUT2D eigenvalue weighted by Gasteiger charge is -2.35. The molecule has 1 amide bonds. The number of anilines is 1. The van der Waals surface area contributed by atoms with E-state index in [2.05, 4.69) is 17.1 Å². The first-order valence-corrected chi connectivity index (χ1v) is 9.59. The highest BCUT2D eigenvalue weighted by molar-refractivity contribution is 7.84. The van der Waals surface area contributed by atoms with Gasteiger partial charge in [-0.1, -0.05) is 6.92 Å². The maximum atomic E-state index is 14.3. The zero-order valence-corrected chi connectivity index (χ0v) is 14.5. The molecule has 1 aromatic rings. The third kappa shape index (κ3) is 5.00. The van der Waals surface area contributed by atoms with Gasteiger partial charge < -0.3 is 15.1 Å². The molecule has 1 aromatic carbocycles. The molecule has 7 heteroatoms. The second-order valence-electron chi connectivity index (χ2n) is 5.62. The van der Waals surface area contributed by atoms with Crippen molar-refractivity contribution in [2.24, 2.45) is 0 Å². The van der Waals surface area contributed by atoms with Gasteiger partial charge in [-0.25, -0.2) is 4.39 Å². The predicted octanol–water partition coefficient (Wildman–Crippen LogP) is 1.08. The third-order valence-electron chi connectivity index (χ3n) is 4.05. The first-order chi connectivity index (χ1) is 11.0. The summed E-state index contributed by atoms with van der Waals surface area (Å²) in [5.74, 6) is -0.313. The number of likely N-dealkylation sites (N-methyl/N-ethyl adjacent to an activating group) is 1. The molecule has 1 aliphatic heterocycles. The lowest BCUT2D eigenvalue weighted by molar-refractivity contribution is 0.0955. The fraction of sp³-hybridized carbons (Fsp3) is 0.562. The summed E-state index contributed by atoms with van der Waals surface area (Å²) in [5.41, 5.74) is 0.840. The molecular weight excluding hydrogens is 317 g/mol. The summed E-state index contributed by atoms with van der Waals surface area (Å²) in [4.78, 5) is 16.3. The van der Waals surface area contributed by atoms with Crippen LogP contribution in [0.15, 0.2) is 18.2 Å². The second kappa shape index (κ2) is 8.40. The summed E-state index contributed by atoms with van der Waals surface area (Å²) in [6, 6.07) is 4.59. The van der Waals surface area contributed by atoms with Crippen LogP contribution in [0, 0.1) is 5.82 Å². The highest BCUT2D eigenvalue weighted by atomic mass is 32.2. The summed E-state index contributed by atoms with van der Waals surface area (Å²) >= 11 is 0. The van der Waals surface area contributed by atoms with Crippen molar-refractivity contribution >= 4 is 22.4 Å². The van der Waals surface area contributed by atoms with Crippen LogP contribution >= 0.6 is 0 Å². The average molecular weight is 341 g/mol. The van der Waals surface area contributed by atoms with Crippen molar-refractivity contribution in [3.63, 3.8) is 0 Å². The fourth-order valence-corrected chi connectivity index (χ4v) is 3.01. The minimum atomic E-state index is -0.953. The van der Waals surface area contributed by atoms with Crippen LogP contribution in [0.25, 0.3) is 0 Å². The summed E-state index contributed by atoms with van der Waals surface area (Å²) in [7, 11) is -0.953. The number of benzene rings is 1. The van der Waals surface area contributed by atoms with E-state index in [1.165, 1.54) is 6.07 Å². The van der Waals surface area contributed by atoms with E-state index >= 15 is 0 Å². The number of rotatable bonds is 6. The Morgan fingerprint density at radius 3 is 2.57 bits per heavy atom. The van der Waals surface area contributed by atoms with E-state index in [0.717, 1.165) is 32.7 Å². The second-order valence-corrected chi connectivity index (χ2v) is 7.18. The molecule has 0 saturated carbocycles. The number of hydrogen-bond donors (Lipinski definition) is 1. The van der Waals surface area contributed by atoms with Crippen LogP contribution in [0.1, 0.15) is 17.3 Å². The van der Waals surface area contributed by atoms with Gasteiger partial charge in [0.2, 0.25) is 0 Å². The molecule has 0 radical (unpaired) electrons. The van der Waals surface area contributed by atoms with Gasteiger partial charge in [0, 0.05) is 61.1 Å². The van der Waals surface area contributed by atoms with Gasteiger partial charge in [0.1, 0.15) is 5.82 Å². The number of carbonyl (C=O) groups is 1. The van der Waals surface area contributed by atoms with E-state index in [9.17, 15) is 13.4 Å². The number of halogens is 1. The van der Waals surface area contributed by atoms with Crippen LogP contribution in [0.3, 0.4) is 0 Å². The van der Waals surface area contributed by atoms with Crippen molar-refractivity contribution in [3.8, 4) is 0 Å². The number of amides is 1. The molecule has 1 N–H and O–H groups in total. The standard InChI is InChI=1S/C16H24FN3O2S/c1-3-19-7-9-20(10-8-19)15-5-4-13(12-14(15)17)16(21)18-6-11-23(2)22/h4-5,12H,3,6-11H2,1-2H3,(H,18,21). The quantitative estimate of drug-likeness (QED) is 0.841. The summed E-state index contributed by atoms with van der Waals surface area (Å²) in [5, 5.41) is 2.65. The largest absolute Gasteiger partial charge is 0.367 e. The summed E-state index contributed by atoms with van der Waals surface area (Å²) in [6.45, 7) is 6.88. The van der Waals surface area contributed by atoms with E-state index in [-0.39, 0.29) is 11.7 Å².